The smallest absolute Gasteiger partial charge is 0.339 e. The number of para-hydroxylation sites is 1. The minimum absolute atomic E-state index is 0.136. The average molecular weight is 366 g/mol. The summed E-state index contributed by atoms with van der Waals surface area (Å²) in [6.07, 6.45) is 0.985. The van der Waals surface area contributed by atoms with Crippen LogP contribution in [-0.2, 0) is 9.53 Å². The standard InChI is InChI=1S/C21H22N2O4/c1-14(19(24)22-15-12-13-15)27-21(26)18-11-7-6-10-17(18)20(25)23(2)16-8-4-3-5-9-16/h3-11,14-15H,12-13H2,1-2H3,(H,22,24). The fraction of sp³-hybridized carbons (Fsp3) is 0.286. The summed E-state index contributed by atoms with van der Waals surface area (Å²) >= 11 is 0. The van der Waals surface area contributed by atoms with Gasteiger partial charge in [0.2, 0.25) is 0 Å². The lowest BCUT2D eigenvalue weighted by Gasteiger charge is -2.19. The second kappa shape index (κ2) is 8.03. The van der Waals surface area contributed by atoms with Crippen molar-refractivity contribution in [3.8, 4) is 0 Å². The third-order valence-electron chi connectivity index (χ3n) is 4.40. The fourth-order valence-electron chi connectivity index (χ4n) is 2.62. The van der Waals surface area contributed by atoms with E-state index in [-0.39, 0.29) is 29.0 Å². The van der Waals surface area contributed by atoms with Gasteiger partial charge < -0.3 is 15.0 Å². The molecule has 0 spiro atoms. The summed E-state index contributed by atoms with van der Waals surface area (Å²) in [5, 5.41) is 2.80. The minimum Gasteiger partial charge on any atom is -0.449 e. The maximum atomic E-state index is 12.9. The number of benzene rings is 2. The van der Waals surface area contributed by atoms with Crippen LogP contribution < -0.4 is 10.2 Å². The number of anilines is 1. The van der Waals surface area contributed by atoms with Crippen molar-refractivity contribution in [2.24, 2.45) is 0 Å². The van der Waals surface area contributed by atoms with Crippen LogP contribution in [0.3, 0.4) is 0 Å². The third-order valence-corrected chi connectivity index (χ3v) is 4.40. The Balaban J connectivity index is 1.75. The third kappa shape index (κ3) is 4.53. The Kier molecular flexibility index (Phi) is 5.54. The lowest BCUT2D eigenvalue weighted by Crippen LogP contribution is -2.37. The summed E-state index contributed by atoms with van der Waals surface area (Å²) in [5.41, 5.74) is 1.07. The van der Waals surface area contributed by atoms with E-state index in [4.69, 9.17) is 4.74 Å². The number of ether oxygens (including phenoxy) is 1. The molecule has 140 valence electrons. The Morgan fingerprint density at radius 1 is 1.00 bits per heavy atom. The van der Waals surface area contributed by atoms with Crippen molar-refractivity contribution in [1.82, 2.24) is 5.32 Å². The number of hydrogen-bond acceptors (Lipinski definition) is 4. The van der Waals surface area contributed by atoms with E-state index in [1.165, 1.54) is 17.9 Å². The van der Waals surface area contributed by atoms with Crippen molar-refractivity contribution in [3.05, 3.63) is 65.7 Å². The molecule has 1 N–H and O–H groups in total. The average Bonchev–Trinajstić information content (AvgIpc) is 3.51. The van der Waals surface area contributed by atoms with Gasteiger partial charge in [0, 0.05) is 18.8 Å². The maximum Gasteiger partial charge on any atom is 0.339 e. The fourth-order valence-corrected chi connectivity index (χ4v) is 2.62. The molecule has 2 amide bonds. The van der Waals surface area contributed by atoms with Gasteiger partial charge in [-0.15, -0.1) is 0 Å². The number of hydrogen-bond donors (Lipinski definition) is 1. The molecule has 6 nitrogen and oxygen atoms in total. The molecular weight excluding hydrogens is 344 g/mol. The molecule has 0 saturated heterocycles. The number of carbonyl (C=O) groups excluding carboxylic acids is 3. The van der Waals surface area contributed by atoms with Gasteiger partial charge in [-0.25, -0.2) is 4.79 Å². The summed E-state index contributed by atoms with van der Waals surface area (Å²) in [4.78, 5) is 38.9. The molecule has 1 aliphatic carbocycles. The zero-order chi connectivity index (χ0) is 19.4. The summed E-state index contributed by atoms with van der Waals surface area (Å²) in [5.74, 6) is -1.35. The van der Waals surface area contributed by atoms with Gasteiger partial charge in [-0.1, -0.05) is 30.3 Å². The molecule has 1 atom stereocenters. The van der Waals surface area contributed by atoms with Crippen LogP contribution in [0.5, 0.6) is 0 Å². The molecule has 1 fully saturated rings. The van der Waals surface area contributed by atoms with Gasteiger partial charge in [-0.3, -0.25) is 9.59 Å². The topological polar surface area (TPSA) is 75.7 Å². The van der Waals surface area contributed by atoms with Crippen LogP contribution in [0.2, 0.25) is 0 Å². The Morgan fingerprint density at radius 3 is 2.22 bits per heavy atom. The summed E-state index contributed by atoms with van der Waals surface area (Å²) in [7, 11) is 1.64. The maximum absolute atomic E-state index is 12.9. The van der Waals surface area contributed by atoms with Gasteiger partial charge in [0.05, 0.1) is 11.1 Å². The van der Waals surface area contributed by atoms with E-state index >= 15 is 0 Å². The van der Waals surface area contributed by atoms with Crippen molar-refractivity contribution < 1.29 is 19.1 Å². The largest absolute Gasteiger partial charge is 0.449 e. The van der Waals surface area contributed by atoms with Gasteiger partial charge in [-0.05, 0) is 44.0 Å². The monoisotopic (exact) mass is 366 g/mol. The quantitative estimate of drug-likeness (QED) is 0.798. The van der Waals surface area contributed by atoms with Crippen LogP contribution >= 0.6 is 0 Å². The van der Waals surface area contributed by atoms with E-state index in [9.17, 15) is 14.4 Å². The SMILES string of the molecule is CC(OC(=O)c1ccccc1C(=O)N(C)c1ccccc1)C(=O)NC1CC1. The highest BCUT2D eigenvalue weighted by Gasteiger charge is 2.28. The van der Waals surface area contributed by atoms with E-state index in [1.807, 2.05) is 30.3 Å². The summed E-state index contributed by atoms with van der Waals surface area (Å²) in [6.45, 7) is 1.52. The number of nitrogens with zero attached hydrogens (tertiary/aromatic N) is 1. The molecule has 2 aromatic rings. The molecule has 2 aromatic carbocycles. The zero-order valence-corrected chi connectivity index (χ0v) is 15.3. The minimum atomic E-state index is -0.923. The number of rotatable bonds is 6. The molecular formula is C21H22N2O4. The Hall–Kier alpha value is -3.15. The number of esters is 1. The van der Waals surface area contributed by atoms with Crippen LogP contribution in [0, 0.1) is 0 Å². The van der Waals surface area contributed by atoms with Crippen molar-refractivity contribution >= 4 is 23.5 Å². The molecule has 0 heterocycles. The van der Waals surface area contributed by atoms with E-state index in [0.29, 0.717) is 5.69 Å². The van der Waals surface area contributed by atoms with Crippen LogP contribution in [0.1, 0.15) is 40.5 Å². The number of nitrogens with one attached hydrogen (secondary N) is 1. The molecule has 1 unspecified atom stereocenters. The second-order valence-corrected chi connectivity index (χ2v) is 6.58. The predicted molar refractivity (Wildman–Crippen MR) is 102 cm³/mol. The van der Waals surface area contributed by atoms with E-state index in [2.05, 4.69) is 5.32 Å². The summed E-state index contributed by atoms with van der Waals surface area (Å²) < 4.78 is 5.28. The molecule has 27 heavy (non-hydrogen) atoms. The van der Waals surface area contributed by atoms with Gasteiger partial charge >= 0.3 is 5.97 Å². The van der Waals surface area contributed by atoms with Crippen molar-refractivity contribution in [1.29, 1.82) is 0 Å². The van der Waals surface area contributed by atoms with Crippen molar-refractivity contribution in [2.75, 3.05) is 11.9 Å². The van der Waals surface area contributed by atoms with E-state index in [0.717, 1.165) is 12.8 Å². The first-order valence-corrected chi connectivity index (χ1v) is 8.91. The first-order valence-electron chi connectivity index (χ1n) is 8.91. The molecule has 0 aliphatic heterocycles. The van der Waals surface area contributed by atoms with E-state index in [1.54, 1.807) is 25.2 Å². The predicted octanol–water partition coefficient (Wildman–Crippen LogP) is 2.79. The molecule has 0 aromatic heterocycles. The summed E-state index contributed by atoms with van der Waals surface area (Å²) in [6, 6.07) is 15.8. The van der Waals surface area contributed by atoms with Gasteiger partial charge in [0.15, 0.2) is 6.10 Å². The van der Waals surface area contributed by atoms with Crippen LogP contribution in [0.25, 0.3) is 0 Å². The molecule has 3 rings (SSSR count). The highest BCUT2D eigenvalue weighted by Crippen LogP contribution is 2.20. The van der Waals surface area contributed by atoms with Crippen LogP contribution in [0.4, 0.5) is 5.69 Å². The van der Waals surface area contributed by atoms with Gasteiger partial charge in [0.1, 0.15) is 0 Å². The Bertz CT molecular complexity index is 846. The van der Waals surface area contributed by atoms with Crippen molar-refractivity contribution in [3.63, 3.8) is 0 Å². The molecule has 0 bridgehead atoms. The lowest BCUT2D eigenvalue weighted by molar-refractivity contribution is -0.129. The molecule has 1 aliphatic rings. The van der Waals surface area contributed by atoms with E-state index < -0.39 is 12.1 Å². The highest BCUT2D eigenvalue weighted by molar-refractivity contribution is 6.12. The Morgan fingerprint density at radius 2 is 1.59 bits per heavy atom. The molecule has 0 radical (unpaired) electrons. The van der Waals surface area contributed by atoms with Gasteiger partial charge in [0.25, 0.3) is 11.8 Å². The molecule has 6 heteroatoms. The highest BCUT2D eigenvalue weighted by atomic mass is 16.5. The van der Waals surface area contributed by atoms with Crippen LogP contribution in [0.15, 0.2) is 54.6 Å². The first-order chi connectivity index (χ1) is 13.0. The number of carbonyl (C=O) groups is 3. The normalized spacial score (nSPS) is 14.1. The van der Waals surface area contributed by atoms with Crippen molar-refractivity contribution in [2.45, 2.75) is 31.9 Å². The van der Waals surface area contributed by atoms with Gasteiger partial charge in [-0.2, -0.15) is 0 Å². The first kappa shape index (κ1) is 18.6. The second-order valence-electron chi connectivity index (χ2n) is 6.58. The number of amides is 2. The molecule has 1 saturated carbocycles. The lowest BCUT2D eigenvalue weighted by atomic mass is 10.1. The zero-order valence-electron chi connectivity index (χ0n) is 15.3. The Labute approximate surface area is 158 Å². The van der Waals surface area contributed by atoms with Crippen LogP contribution in [-0.4, -0.2) is 37.0 Å².